The maximum absolute atomic E-state index is 13.3. The van der Waals surface area contributed by atoms with Crippen molar-refractivity contribution in [1.29, 1.82) is 0 Å². The van der Waals surface area contributed by atoms with Gasteiger partial charge in [-0.15, -0.1) is 10.2 Å². The Kier molecular flexibility index (Phi) is 7.73. The average Bonchev–Trinajstić information content (AvgIpc) is 3.16. The molecule has 2 N–H and O–H groups in total. The Labute approximate surface area is 183 Å². The number of thioether (sulfide) groups is 1. The molecule has 0 unspecified atom stereocenters. The van der Waals surface area contributed by atoms with Crippen molar-refractivity contribution < 1.29 is 14.0 Å². The average molecular weight is 495 g/mol. The molecular weight excluding hydrogens is 479 g/mol. The molecule has 3 rings (SSSR count). The summed E-state index contributed by atoms with van der Waals surface area (Å²) in [6, 6.07) is 13.8. The molecule has 0 aliphatic heterocycles. The Morgan fingerprint density at radius 2 is 1.93 bits per heavy atom. The second kappa shape index (κ2) is 10.5. The fourth-order valence-corrected chi connectivity index (χ4v) is 4.43. The number of aromatic nitrogens is 2. The topological polar surface area (TPSA) is 84.0 Å². The van der Waals surface area contributed by atoms with E-state index in [1.807, 2.05) is 30.3 Å². The summed E-state index contributed by atoms with van der Waals surface area (Å²) in [7, 11) is 0. The lowest BCUT2D eigenvalue weighted by Gasteiger charge is -2.07. The lowest BCUT2D eigenvalue weighted by atomic mass is 10.2. The molecule has 0 radical (unpaired) electrons. The smallest absolute Gasteiger partial charge is 0.252 e. The molecule has 1 aromatic heterocycles. The minimum atomic E-state index is -0.506. The zero-order chi connectivity index (χ0) is 20.6. The van der Waals surface area contributed by atoms with Crippen LogP contribution in [-0.2, 0) is 10.5 Å². The molecule has 0 bridgehead atoms. The second-order valence-electron chi connectivity index (χ2n) is 5.83. The Hall–Kier alpha value is -2.30. The summed E-state index contributed by atoms with van der Waals surface area (Å²) in [6.07, 6.45) is 0.0603. The summed E-state index contributed by atoms with van der Waals surface area (Å²) in [6.45, 7) is 0.113. The minimum absolute atomic E-state index is 0.0603. The van der Waals surface area contributed by atoms with Gasteiger partial charge in [0.2, 0.25) is 11.0 Å². The van der Waals surface area contributed by atoms with E-state index in [4.69, 9.17) is 0 Å². The SMILES string of the molecule is O=C(CCNC(=O)c1cc(F)ccc1Br)Nc1nnc(SCc2ccccc2)s1. The quantitative estimate of drug-likeness (QED) is 0.356. The second-order valence-corrected chi connectivity index (χ2v) is 8.88. The molecule has 10 heteroatoms. The van der Waals surface area contributed by atoms with E-state index in [-0.39, 0.29) is 24.4 Å². The first kappa shape index (κ1) is 21.4. The fraction of sp³-hybridized carbons (Fsp3) is 0.158. The van der Waals surface area contributed by atoms with Crippen molar-refractivity contribution in [1.82, 2.24) is 15.5 Å². The van der Waals surface area contributed by atoms with E-state index in [9.17, 15) is 14.0 Å². The van der Waals surface area contributed by atoms with Crippen LogP contribution >= 0.6 is 39.0 Å². The van der Waals surface area contributed by atoms with Gasteiger partial charge in [0, 0.05) is 23.2 Å². The molecule has 3 aromatic rings. The highest BCUT2D eigenvalue weighted by Crippen LogP contribution is 2.28. The van der Waals surface area contributed by atoms with E-state index in [2.05, 4.69) is 36.8 Å². The number of carbonyl (C=O) groups is 2. The van der Waals surface area contributed by atoms with Crippen LogP contribution in [0.25, 0.3) is 0 Å². The Morgan fingerprint density at radius 1 is 1.14 bits per heavy atom. The molecule has 0 saturated carbocycles. The third-order valence-electron chi connectivity index (χ3n) is 3.67. The van der Waals surface area contributed by atoms with Crippen LogP contribution < -0.4 is 10.6 Å². The van der Waals surface area contributed by atoms with Crippen LogP contribution in [-0.4, -0.2) is 28.6 Å². The van der Waals surface area contributed by atoms with E-state index >= 15 is 0 Å². The van der Waals surface area contributed by atoms with Crippen LogP contribution in [0.5, 0.6) is 0 Å². The van der Waals surface area contributed by atoms with Crippen molar-refractivity contribution >= 4 is 56.0 Å². The van der Waals surface area contributed by atoms with Gasteiger partial charge < -0.3 is 10.6 Å². The first-order chi connectivity index (χ1) is 14.0. The number of rotatable bonds is 8. The third-order valence-corrected chi connectivity index (χ3v) is 6.40. The van der Waals surface area contributed by atoms with Gasteiger partial charge in [-0.05, 0) is 39.7 Å². The Morgan fingerprint density at radius 3 is 2.72 bits per heavy atom. The molecule has 6 nitrogen and oxygen atoms in total. The van der Waals surface area contributed by atoms with Gasteiger partial charge in [0.25, 0.3) is 5.91 Å². The van der Waals surface area contributed by atoms with Crippen LogP contribution in [0.3, 0.4) is 0 Å². The molecule has 0 fully saturated rings. The molecule has 0 aliphatic carbocycles. The summed E-state index contributed by atoms with van der Waals surface area (Å²) in [5.74, 6) is -0.488. The maximum atomic E-state index is 13.3. The summed E-state index contributed by atoms with van der Waals surface area (Å²) in [5.41, 5.74) is 1.36. The monoisotopic (exact) mass is 494 g/mol. The number of nitrogens with one attached hydrogen (secondary N) is 2. The highest BCUT2D eigenvalue weighted by atomic mass is 79.9. The molecule has 0 atom stereocenters. The molecule has 2 amide bonds. The van der Waals surface area contributed by atoms with Crippen LogP contribution in [0.15, 0.2) is 57.3 Å². The van der Waals surface area contributed by atoms with E-state index in [1.165, 1.54) is 29.0 Å². The number of hydrogen-bond acceptors (Lipinski definition) is 6. The van der Waals surface area contributed by atoms with Gasteiger partial charge in [-0.25, -0.2) is 4.39 Å². The van der Waals surface area contributed by atoms with Crippen molar-refractivity contribution in [2.75, 3.05) is 11.9 Å². The zero-order valence-corrected chi connectivity index (χ0v) is 18.2. The van der Waals surface area contributed by atoms with Crippen LogP contribution in [0.1, 0.15) is 22.3 Å². The summed E-state index contributed by atoms with van der Waals surface area (Å²) in [5, 5.41) is 13.7. The molecular formula is C19H16BrFN4O2S2. The van der Waals surface area contributed by atoms with Gasteiger partial charge in [-0.3, -0.25) is 9.59 Å². The van der Waals surface area contributed by atoms with Gasteiger partial charge in [0.15, 0.2) is 4.34 Å². The molecule has 0 spiro atoms. The van der Waals surface area contributed by atoms with Gasteiger partial charge in [0.1, 0.15) is 5.82 Å². The normalized spacial score (nSPS) is 10.6. The Bertz CT molecular complexity index is 1000. The van der Waals surface area contributed by atoms with Crippen molar-refractivity contribution in [3.8, 4) is 0 Å². The summed E-state index contributed by atoms with van der Waals surface area (Å²) in [4.78, 5) is 24.1. The number of nitrogens with zero attached hydrogens (tertiary/aromatic N) is 2. The van der Waals surface area contributed by atoms with Crippen molar-refractivity contribution in [2.24, 2.45) is 0 Å². The lowest BCUT2D eigenvalue weighted by Crippen LogP contribution is -2.28. The van der Waals surface area contributed by atoms with Crippen molar-refractivity contribution in [3.63, 3.8) is 0 Å². The minimum Gasteiger partial charge on any atom is -0.351 e. The van der Waals surface area contributed by atoms with E-state index in [1.54, 1.807) is 11.8 Å². The van der Waals surface area contributed by atoms with Crippen LogP contribution in [0.2, 0.25) is 0 Å². The summed E-state index contributed by atoms with van der Waals surface area (Å²) >= 11 is 6.04. The van der Waals surface area contributed by atoms with Crippen LogP contribution in [0, 0.1) is 5.82 Å². The number of amides is 2. The van der Waals surface area contributed by atoms with E-state index in [0.717, 1.165) is 16.2 Å². The van der Waals surface area contributed by atoms with Gasteiger partial charge >= 0.3 is 0 Å². The largest absolute Gasteiger partial charge is 0.351 e. The van der Waals surface area contributed by atoms with E-state index < -0.39 is 11.7 Å². The van der Waals surface area contributed by atoms with Crippen molar-refractivity contribution in [2.45, 2.75) is 16.5 Å². The predicted molar refractivity (Wildman–Crippen MR) is 116 cm³/mol. The van der Waals surface area contributed by atoms with Crippen LogP contribution in [0.4, 0.5) is 9.52 Å². The number of carbonyl (C=O) groups excluding carboxylic acids is 2. The lowest BCUT2D eigenvalue weighted by molar-refractivity contribution is -0.116. The molecule has 0 saturated heterocycles. The van der Waals surface area contributed by atoms with E-state index in [0.29, 0.717) is 9.60 Å². The third kappa shape index (κ3) is 6.62. The molecule has 1 heterocycles. The van der Waals surface area contributed by atoms with Gasteiger partial charge in [-0.2, -0.15) is 0 Å². The molecule has 29 heavy (non-hydrogen) atoms. The molecule has 0 aliphatic rings. The number of benzene rings is 2. The zero-order valence-electron chi connectivity index (χ0n) is 15.0. The van der Waals surface area contributed by atoms with Gasteiger partial charge in [-0.1, -0.05) is 53.4 Å². The van der Waals surface area contributed by atoms with Gasteiger partial charge in [0.05, 0.1) is 5.56 Å². The summed E-state index contributed by atoms with van der Waals surface area (Å²) < 4.78 is 14.5. The molecule has 2 aromatic carbocycles. The molecule has 150 valence electrons. The maximum Gasteiger partial charge on any atom is 0.252 e. The number of anilines is 1. The number of halogens is 2. The highest BCUT2D eigenvalue weighted by molar-refractivity contribution is 9.10. The standard InChI is InChI=1S/C19H16BrFN4O2S2/c20-15-7-6-13(21)10-14(15)17(27)22-9-8-16(26)23-18-24-25-19(29-18)28-11-12-4-2-1-3-5-12/h1-7,10H,8-9,11H2,(H,22,27)(H,23,24,26). The van der Waals surface area contributed by atoms with Crippen molar-refractivity contribution in [3.05, 3.63) is 69.9 Å². The highest BCUT2D eigenvalue weighted by Gasteiger charge is 2.13. The predicted octanol–water partition coefficient (Wildman–Crippen LogP) is 4.49. The first-order valence-corrected chi connectivity index (χ1v) is 11.1. The number of hydrogen-bond donors (Lipinski definition) is 2. The first-order valence-electron chi connectivity index (χ1n) is 8.54. The fourth-order valence-electron chi connectivity index (χ4n) is 2.28. The Balaban J connectivity index is 1.42.